The van der Waals surface area contributed by atoms with E-state index in [9.17, 15) is 0 Å². The molecule has 1 fully saturated rings. The zero-order chi connectivity index (χ0) is 11.3. The van der Waals surface area contributed by atoms with E-state index < -0.39 is 0 Å². The lowest BCUT2D eigenvalue weighted by Crippen LogP contribution is -2.05. The summed E-state index contributed by atoms with van der Waals surface area (Å²) >= 11 is 6.09. The molecule has 0 bridgehead atoms. The first-order valence-corrected chi connectivity index (χ1v) is 5.95. The Kier molecular flexibility index (Phi) is 2.11. The highest BCUT2D eigenvalue weighted by Gasteiger charge is 2.33. The minimum atomic E-state index is 0.571. The first kappa shape index (κ1) is 9.97. The molecular weight excluding hydrogens is 222 g/mol. The second-order valence-electron chi connectivity index (χ2n) is 4.66. The lowest BCUT2D eigenvalue weighted by molar-refractivity contribution is 0.613. The molecule has 0 amide bonds. The minimum Gasteiger partial charge on any atom is -0.369 e. The summed E-state index contributed by atoms with van der Waals surface area (Å²) in [4.78, 5) is 4.33. The number of halogens is 1. The van der Waals surface area contributed by atoms with Crippen molar-refractivity contribution in [3.8, 4) is 0 Å². The van der Waals surface area contributed by atoms with Crippen LogP contribution in [0.4, 0.5) is 5.95 Å². The number of para-hydroxylation sites is 1. The number of aromatic nitrogens is 2. The van der Waals surface area contributed by atoms with E-state index in [1.54, 1.807) is 0 Å². The Morgan fingerprint density at radius 2 is 2.31 bits per heavy atom. The fourth-order valence-corrected chi connectivity index (χ4v) is 2.42. The molecule has 4 heteroatoms. The van der Waals surface area contributed by atoms with Gasteiger partial charge in [0.05, 0.1) is 10.5 Å². The third-order valence-electron chi connectivity index (χ3n) is 3.45. The molecule has 3 rings (SSSR count). The Morgan fingerprint density at radius 1 is 1.56 bits per heavy atom. The molecule has 1 aliphatic rings. The van der Waals surface area contributed by atoms with Crippen LogP contribution in [0.1, 0.15) is 13.3 Å². The van der Waals surface area contributed by atoms with Gasteiger partial charge in [-0.25, -0.2) is 4.98 Å². The Labute approximate surface area is 99.2 Å². The second kappa shape index (κ2) is 3.39. The fraction of sp³-hybridized carbons (Fsp3) is 0.417. The summed E-state index contributed by atoms with van der Waals surface area (Å²) in [5, 5.41) is 0.673. The van der Waals surface area contributed by atoms with Crippen LogP contribution in [-0.2, 0) is 6.54 Å². The Hall–Kier alpha value is -1.22. The quantitative estimate of drug-likeness (QED) is 0.870. The van der Waals surface area contributed by atoms with E-state index in [0.717, 1.165) is 29.4 Å². The number of imidazole rings is 1. The molecule has 0 saturated heterocycles. The first-order valence-electron chi connectivity index (χ1n) is 5.57. The highest BCUT2D eigenvalue weighted by atomic mass is 35.5. The van der Waals surface area contributed by atoms with E-state index >= 15 is 0 Å². The summed E-state index contributed by atoms with van der Waals surface area (Å²) in [6.07, 6.45) is 1.29. The van der Waals surface area contributed by atoms with Gasteiger partial charge in [-0.05, 0) is 30.4 Å². The number of nitrogen functional groups attached to an aromatic ring is 1. The van der Waals surface area contributed by atoms with Crippen molar-refractivity contribution in [3.63, 3.8) is 0 Å². The Bertz CT molecular complexity index is 546. The van der Waals surface area contributed by atoms with Crippen molar-refractivity contribution < 1.29 is 0 Å². The van der Waals surface area contributed by atoms with Gasteiger partial charge in [0.15, 0.2) is 0 Å². The molecular formula is C12H14ClN3. The molecule has 2 unspecified atom stereocenters. The van der Waals surface area contributed by atoms with Gasteiger partial charge in [-0.1, -0.05) is 24.6 Å². The van der Waals surface area contributed by atoms with Crippen molar-refractivity contribution >= 4 is 28.6 Å². The summed E-state index contributed by atoms with van der Waals surface area (Å²) in [5.74, 6) is 2.14. The number of hydrogen-bond donors (Lipinski definition) is 1. The van der Waals surface area contributed by atoms with Crippen molar-refractivity contribution in [2.75, 3.05) is 5.73 Å². The second-order valence-corrected chi connectivity index (χ2v) is 5.07. The van der Waals surface area contributed by atoms with Crippen LogP contribution in [0, 0.1) is 11.8 Å². The van der Waals surface area contributed by atoms with Crippen LogP contribution < -0.4 is 5.73 Å². The summed E-state index contributed by atoms with van der Waals surface area (Å²) in [7, 11) is 0. The molecule has 0 radical (unpaired) electrons. The van der Waals surface area contributed by atoms with Gasteiger partial charge in [0, 0.05) is 6.54 Å². The van der Waals surface area contributed by atoms with Crippen molar-refractivity contribution in [1.29, 1.82) is 0 Å². The van der Waals surface area contributed by atoms with E-state index in [1.165, 1.54) is 6.42 Å². The van der Waals surface area contributed by atoms with Crippen LogP contribution in [0.15, 0.2) is 18.2 Å². The molecule has 0 spiro atoms. The number of fused-ring (bicyclic) bond motifs is 1. The zero-order valence-electron chi connectivity index (χ0n) is 9.15. The Morgan fingerprint density at radius 3 is 3.00 bits per heavy atom. The molecule has 1 aromatic carbocycles. The number of hydrogen-bond acceptors (Lipinski definition) is 2. The third kappa shape index (κ3) is 1.47. The predicted octanol–water partition coefficient (Wildman–Crippen LogP) is 2.93. The van der Waals surface area contributed by atoms with Crippen LogP contribution in [0.25, 0.3) is 11.0 Å². The topological polar surface area (TPSA) is 43.8 Å². The smallest absolute Gasteiger partial charge is 0.201 e. The van der Waals surface area contributed by atoms with Gasteiger partial charge >= 0.3 is 0 Å². The van der Waals surface area contributed by atoms with E-state index in [4.69, 9.17) is 17.3 Å². The van der Waals surface area contributed by atoms with Crippen LogP contribution in [0.3, 0.4) is 0 Å². The van der Waals surface area contributed by atoms with Gasteiger partial charge in [0.2, 0.25) is 5.95 Å². The summed E-state index contributed by atoms with van der Waals surface area (Å²) in [6.45, 7) is 3.23. The highest BCUT2D eigenvalue weighted by Crippen LogP contribution is 2.40. The van der Waals surface area contributed by atoms with E-state index in [1.807, 2.05) is 18.2 Å². The van der Waals surface area contributed by atoms with E-state index in [-0.39, 0.29) is 0 Å². The molecule has 1 aliphatic carbocycles. The molecule has 2 N–H and O–H groups in total. The molecule has 2 atom stereocenters. The van der Waals surface area contributed by atoms with Crippen molar-refractivity contribution in [3.05, 3.63) is 23.2 Å². The molecule has 84 valence electrons. The number of nitrogens with zero attached hydrogens (tertiary/aromatic N) is 2. The maximum absolute atomic E-state index is 6.09. The normalized spacial score (nSPS) is 23.9. The molecule has 0 aliphatic heterocycles. The summed E-state index contributed by atoms with van der Waals surface area (Å²) in [5.41, 5.74) is 7.80. The van der Waals surface area contributed by atoms with Crippen LogP contribution >= 0.6 is 11.6 Å². The minimum absolute atomic E-state index is 0.571. The van der Waals surface area contributed by atoms with Crippen molar-refractivity contribution in [2.45, 2.75) is 19.9 Å². The molecule has 2 aromatic rings. The highest BCUT2D eigenvalue weighted by molar-refractivity contribution is 6.35. The van der Waals surface area contributed by atoms with Gasteiger partial charge in [-0.2, -0.15) is 0 Å². The largest absolute Gasteiger partial charge is 0.369 e. The van der Waals surface area contributed by atoms with E-state index in [0.29, 0.717) is 11.0 Å². The summed E-state index contributed by atoms with van der Waals surface area (Å²) < 4.78 is 2.08. The lowest BCUT2D eigenvalue weighted by atomic mass is 10.3. The molecule has 1 heterocycles. The number of nitrogens with two attached hydrogens (primary N) is 1. The van der Waals surface area contributed by atoms with Gasteiger partial charge in [-0.15, -0.1) is 0 Å². The monoisotopic (exact) mass is 235 g/mol. The molecule has 3 nitrogen and oxygen atoms in total. The van der Waals surface area contributed by atoms with Gasteiger partial charge < -0.3 is 10.3 Å². The van der Waals surface area contributed by atoms with Gasteiger partial charge in [0.25, 0.3) is 0 Å². The Balaban J connectivity index is 2.09. The first-order chi connectivity index (χ1) is 7.66. The standard InChI is InChI=1S/C12H14ClN3/c1-7-5-8(7)6-16-10-4-2-3-9(13)11(10)15-12(16)14/h2-4,7-8H,5-6H2,1H3,(H2,14,15). The molecule has 1 aromatic heterocycles. The molecule has 1 saturated carbocycles. The molecule has 16 heavy (non-hydrogen) atoms. The third-order valence-corrected chi connectivity index (χ3v) is 3.76. The predicted molar refractivity (Wildman–Crippen MR) is 66.4 cm³/mol. The van der Waals surface area contributed by atoms with Crippen molar-refractivity contribution in [1.82, 2.24) is 9.55 Å². The van der Waals surface area contributed by atoms with Crippen LogP contribution in [0.2, 0.25) is 5.02 Å². The van der Waals surface area contributed by atoms with Crippen molar-refractivity contribution in [2.24, 2.45) is 11.8 Å². The summed E-state index contributed by atoms with van der Waals surface area (Å²) in [6, 6.07) is 5.82. The van der Waals surface area contributed by atoms with Crippen LogP contribution in [0.5, 0.6) is 0 Å². The van der Waals surface area contributed by atoms with E-state index in [2.05, 4.69) is 16.5 Å². The zero-order valence-corrected chi connectivity index (χ0v) is 9.91. The number of anilines is 1. The average molecular weight is 236 g/mol. The average Bonchev–Trinajstić information content (AvgIpc) is 2.84. The number of benzene rings is 1. The lowest BCUT2D eigenvalue weighted by Gasteiger charge is -2.05. The number of rotatable bonds is 2. The van der Waals surface area contributed by atoms with Gasteiger partial charge in [-0.3, -0.25) is 0 Å². The maximum atomic E-state index is 6.09. The van der Waals surface area contributed by atoms with Crippen LogP contribution in [-0.4, -0.2) is 9.55 Å². The van der Waals surface area contributed by atoms with Gasteiger partial charge in [0.1, 0.15) is 5.52 Å². The maximum Gasteiger partial charge on any atom is 0.201 e. The fourth-order valence-electron chi connectivity index (χ4n) is 2.21. The SMILES string of the molecule is CC1CC1Cn1c(N)nc2c(Cl)cccc21.